The molecule has 2 amide bonds. The van der Waals surface area contributed by atoms with Gasteiger partial charge in [-0.1, -0.05) is 35.1 Å². The molecule has 0 saturated carbocycles. The highest BCUT2D eigenvalue weighted by Crippen LogP contribution is 2.34. The summed E-state index contributed by atoms with van der Waals surface area (Å²) in [6.07, 6.45) is 0.396. The topological polar surface area (TPSA) is 75.2 Å². The first kappa shape index (κ1) is 19.0. The van der Waals surface area contributed by atoms with Crippen LogP contribution in [0.3, 0.4) is 0 Å². The third-order valence-corrected chi connectivity index (χ3v) is 6.24. The molecule has 4 rings (SSSR count). The molecule has 1 fully saturated rings. The molecular weight excluding hydrogens is 487 g/mol. The Morgan fingerprint density at radius 3 is 2.75 bits per heavy atom. The lowest BCUT2D eigenvalue weighted by Crippen LogP contribution is -2.24. The summed E-state index contributed by atoms with van der Waals surface area (Å²) >= 11 is 3.49. The van der Waals surface area contributed by atoms with E-state index < -0.39 is 0 Å². The minimum absolute atomic E-state index is 0.0189. The molecule has 0 spiro atoms. The maximum atomic E-state index is 12.5. The fourth-order valence-electron chi connectivity index (χ4n) is 3.10. The number of halogens is 1. The Bertz CT molecular complexity index is 1030. The van der Waals surface area contributed by atoms with E-state index in [2.05, 4.69) is 38.1 Å². The van der Waals surface area contributed by atoms with Gasteiger partial charge in [-0.2, -0.15) is 0 Å². The van der Waals surface area contributed by atoms with Gasteiger partial charge >= 0.3 is 0 Å². The van der Waals surface area contributed by atoms with Gasteiger partial charge in [-0.25, -0.2) is 0 Å². The van der Waals surface area contributed by atoms with Crippen LogP contribution in [-0.2, 0) is 4.79 Å². The van der Waals surface area contributed by atoms with E-state index in [1.165, 1.54) is 11.3 Å². The fraction of sp³-hybridized carbons (Fsp3) is 0.200. The van der Waals surface area contributed by atoms with Crippen LogP contribution in [0.2, 0.25) is 0 Å². The summed E-state index contributed by atoms with van der Waals surface area (Å²) in [6.45, 7) is 2.59. The lowest BCUT2D eigenvalue weighted by Gasteiger charge is -2.16. The number of amides is 2. The van der Waals surface area contributed by atoms with Crippen LogP contribution in [0, 0.1) is 10.5 Å². The SMILES string of the molecule is Cc1ccc(N2CC(c3nnc(NC(=O)c4cccc(I)c4)s3)CC2=O)cc1. The van der Waals surface area contributed by atoms with Crippen LogP contribution in [0.4, 0.5) is 10.8 Å². The molecule has 0 radical (unpaired) electrons. The van der Waals surface area contributed by atoms with Gasteiger partial charge in [-0.3, -0.25) is 14.9 Å². The zero-order chi connectivity index (χ0) is 19.7. The third kappa shape index (κ3) is 4.07. The molecule has 142 valence electrons. The molecule has 1 saturated heterocycles. The molecule has 1 unspecified atom stereocenters. The number of carbonyl (C=O) groups excluding carboxylic acids is 2. The highest BCUT2D eigenvalue weighted by atomic mass is 127. The van der Waals surface area contributed by atoms with Crippen molar-refractivity contribution >= 4 is 56.6 Å². The van der Waals surface area contributed by atoms with Crippen molar-refractivity contribution in [1.82, 2.24) is 10.2 Å². The quantitative estimate of drug-likeness (QED) is 0.540. The molecule has 1 N–H and O–H groups in total. The van der Waals surface area contributed by atoms with Crippen molar-refractivity contribution in [1.29, 1.82) is 0 Å². The average molecular weight is 504 g/mol. The van der Waals surface area contributed by atoms with Crippen LogP contribution in [-0.4, -0.2) is 28.6 Å². The van der Waals surface area contributed by atoms with Gasteiger partial charge in [-0.05, 0) is 59.8 Å². The predicted octanol–water partition coefficient (Wildman–Crippen LogP) is 4.22. The van der Waals surface area contributed by atoms with Crippen LogP contribution in [0.25, 0.3) is 0 Å². The van der Waals surface area contributed by atoms with Gasteiger partial charge in [0.1, 0.15) is 5.01 Å². The second-order valence-electron chi connectivity index (χ2n) is 6.65. The van der Waals surface area contributed by atoms with Crippen molar-refractivity contribution in [2.75, 3.05) is 16.8 Å². The minimum atomic E-state index is -0.218. The van der Waals surface area contributed by atoms with Gasteiger partial charge in [0.25, 0.3) is 5.91 Å². The minimum Gasteiger partial charge on any atom is -0.312 e. The summed E-state index contributed by atoms with van der Waals surface area (Å²) in [4.78, 5) is 26.6. The number of nitrogens with zero attached hydrogens (tertiary/aromatic N) is 3. The number of benzene rings is 2. The summed E-state index contributed by atoms with van der Waals surface area (Å²) in [5.74, 6) is -0.159. The average Bonchev–Trinajstić information content (AvgIpc) is 3.29. The normalized spacial score (nSPS) is 16.4. The molecule has 1 aromatic heterocycles. The van der Waals surface area contributed by atoms with E-state index in [4.69, 9.17) is 0 Å². The molecular formula is C20H17IN4O2S. The van der Waals surface area contributed by atoms with Crippen LogP contribution in [0.5, 0.6) is 0 Å². The molecule has 1 atom stereocenters. The van der Waals surface area contributed by atoms with Crippen molar-refractivity contribution in [2.24, 2.45) is 0 Å². The second kappa shape index (κ2) is 7.96. The van der Waals surface area contributed by atoms with Crippen molar-refractivity contribution in [3.05, 3.63) is 68.2 Å². The van der Waals surface area contributed by atoms with Gasteiger partial charge < -0.3 is 4.90 Å². The van der Waals surface area contributed by atoms with Crippen LogP contribution in [0.15, 0.2) is 48.5 Å². The molecule has 8 heteroatoms. The number of hydrogen-bond acceptors (Lipinski definition) is 5. The zero-order valence-corrected chi connectivity index (χ0v) is 18.0. The van der Waals surface area contributed by atoms with Crippen LogP contribution in [0.1, 0.15) is 33.3 Å². The number of anilines is 2. The van der Waals surface area contributed by atoms with Gasteiger partial charge in [0, 0.05) is 33.7 Å². The Morgan fingerprint density at radius 2 is 2.00 bits per heavy atom. The van der Waals surface area contributed by atoms with E-state index in [1.807, 2.05) is 49.4 Å². The van der Waals surface area contributed by atoms with E-state index in [1.54, 1.807) is 11.0 Å². The van der Waals surface area contributed by atoms with Gasteiger partial charge in [0.2, 0.25) is 11.0 Å². The molecule has 6 nitrogen and oxygen atoms in total. The highest BCUT2D eigenvalue weighted by molar-refractivity contribution is 14.1. The van der Waals surface area contributed by atoms with Gasteiger partial charge in [0.05, 0.1) is 0 Å². The van der Waals surface area contributed by atoms with Crippen molar-refractivity contribution in [2.45, 2.75) is 19.3 Å². The van der Waals surface area contributed by atoms with Crippen molar-refractivity contribution < 1.29 is 9.59 Å². The van der Waals surface area contributed by atoms with E-state index in [-0.39, 0.29) is 17.7 Å². The van der Waals surface area contributed by atoms with E-state index >= 15 is 0 Å². The van der Waals surface area contributed by atoms with E-state index in [0.29, 0.717) is 23.7 Å². The monoisotopic (exact) mass is 504 g/mol. The maximum absolute atomic E-state index is 12.5. The summed E-state index contributed by atoms with van der Waals surface area (Å²) in [5, 5.41) is 12.3. The number of aryl methyl sites for hydroxylation is 1. The van der Waals surface area contributed by atoms with Gasteiger partial charge in [-0.15, -0.1) is 10.2 Å². The smallest absolute Gasteiger partial charge is 0.257 e. The Morgan fingerprint density at radius 1 is 1.21 bits per heavy atom. The number of rotatable bonds is 4. The summed E-state index contributed by atoms with van der Waals surface area (Å²) in [5.41, 5.74) is 2.63. The number of nitrogens with one attached hydrogen (secondary N) is 1. The molecule has 3 aromatic rings. The lowest BCUT2D eigenvalue weighted by molar-refractivity contribution is -0.117. The fourth-order valence-corrected chi connectivity index (χ4v) is 4.47. The standard InChI is InChI=1S/C20H17IN4O2S/c1-12-5-7-16(8-6-12)25-11-14(10-17(25)26)19-23-24-20(28-19)22-18(27)13-3-2-4-15(21)9-13/h2-9,14H,10-11H2,1H3,(H,22,24,27). The maximum Gasteiger partial charge on any atom is 0.257 e. The Balaban J connectivity index is 1.45. The van der Waals surface area contributed by atoms with Crippen LogP contribution < -0.4 is 10.2 Å². The number of hydrogen-bond donors (Lipinski definition) is 1. The largest absolute Gasteiger partial charge is 0.312 e. The Labute approximate surface area is 180 Å². The second-order valence-corrected chi connectivity index (χ2v) is 8.91. The summed E-state index contributed by atoms with van der Waals surface area (Å²) < 4.78 is 0.990. The molecule has 1 aliphatic heterocycles. The summed E-state index contributed by atoms with van der Waals surface area (Å²) in [7, 11) is 0. The first-order valence-corrected chi connectivity index (χ1v) is 10.7. The molecule has 2 heterocycles. The molecule has 28 heavy (non-hydrogen) atoms. The number of aromatic nitrogens is 2. The van der Waals surface area contributed by atoms with E-state index in [9.17, 15) is 9.59 Å². The first-order valence-electron chi connectivity index (χ1n) is 8.77. The highest BCUT2D eigenvalue weighted by Gasteiger charge is 2.34. The Kier molecular flexibility index (Phi) is 5.40. The first-order chi connectivity index (χ1) is 13.5. The third-order valence-electron chi connectivity index (χ3n) is 4.57. The molecule has 0 aliphatic carbocycles. The molecule has 1 aliphatic rings. The Hall–Kier alpha value is -2.33. The molecule has 2 aromatic carbocycles. The van der Waals surface area contributed by atoms with Gasteiger partial charge in [0.15, 0.2) is 0 Å². The van der Waals surface area contributed by atoms with Crippen LogP contribution >= 0.6 is 33.9 Å². The zero-order valence-electron chi connectivity index (χ0n) is 15.1. The molecule has 0 bridgehead atoms. The summed E-state index contributed by atoms with van der Waals surface area (Å²) in [6, 6.07) is 15.3. The van der Waals surface area contributed by atoms with Crippen molar-refractivity contribution in [3.8, 4) is 0 Å². The number of carbonyl (C=O) groups is 2. The van der Waals surface area contributed by atoms with Crippen molar-refractivity contribution in [3.63, 3.8) is 0 Å². The van der Waals surface area contributed by atoms with E-state index in [0.717, 1.165) is 19.8 Å². The lowest BCUT2D eigenvalue weighted by atomic mass is 10.1. The predicted molar refractivity (Wildman–Crippen MR) is 118 cm³/mol.